The molecule has 2 atom stereocenters. The predicted molar refractivity (Wildman–Crippen MR) is 76.7 cm³/mol. The minimum Gasteiger partial charge on any atom is -0.392 e. The maximum Gasteiger partial charge on any atom is 0.0613 e. The molecule has 0 radical (unpaired) electrons. The second kappa shape index (κ2) is 5.05. The van der Waals surface area contributed by atoms with E-state index in [0.717, 1.165) is 6.42 Å². The highest BCUT2D eigenvalue weighted by Gasteiger charge is 2.38. The maximum atomic E-state index is 10.6. The Labute approximate surface area is 111 Å². The Hall–Kier alpha value is -0.820. The van der Waals surface area contributed by atoms with Gasteiger partial charge in [0.25, 0.3) is 0 Å². The fraction of sp³-hybridized carbons (Fsp3) is 0.647. The molecule has 0 aromatic heterocycles. The van der Waals surface area contributed by atoms with Crippen LogP contribution in [-0.2, 0) is 6.42 Å². The highest BCUT2D eigenvalue weighted by molar-refractivity contribution is 5.31. The third-order valence-electron chi connectivity index (χ3n) is 4.74. The van der Waals surface area contributed by atoms with Crippen molar-refractivity contribution in [3.05, 3.63) is 34.9 Å². The van der Waals surface area contributed by atoms with E-state index in [9.17, 15) is 5.11 Å². The molecule has 0 aliphatic heterocycles. The molecule has 1 aromatic carbocycles. The lowest BCUT2D eigenvalue weighted by Crippen LogP contribution is -2.31. The van der Waals surface area contributed by atoms with Crippen LogP contribution in [0.5, 0.6) is 0 Å². The van der Waals surface area contributed by atoms with Crippen LogP contribution >= 0.6 is 0 Å². The fourth-order valence-corrected chi connectivity index (χ4v) is 3.45. The summed E-state index contributed by atoms with van der Waals surface area (Å²) in [6.45, 7) is 8.87. The molecule has 18 heavy (non-hydrogen) atoms. The average Bonchev–Trinajstić information content (AvgIpc) is 2.63. The van der Waals surface area contributed by atoms with Gasteiger partial charge < -0.3 is 5.11 Å². The lowest BCUT2D eigenvalue weighted by molar-refractivity contribution is 0.0542. The van der Waals surface area contributed by atoms with Crippen molar-refractivity contribution in [3.8, 4) is 0 Å². The molecule has 1 aliphatic carbocycles. The van der Waals surface area contributed by atoms with E-state index in [1.807, 2.05) is 0 Å². The molecule has 1 aliphatic rings. The number of hydrogen-bond acceptors (Lipinski definition) is 1. The Bertz CT molecular complexity index is 420. The quantitative estimate of drug-likeness (QED) is 0.853. The SMILES string of the molecule is Cc1ccc(C)c(CC(O)C2CCCC2(C)C)c1. The largest absolute Gasteiger partial charge is 0.392 e. The van der Waals surface area contributed by atoms with E-state index in [1.54, 1.807) is 0 Å². The Morgan fingerprint density at radius 1 is 1.33 bits per heavy atom. The standard InChI is InChI=1S/C17H26O/c1-12-7-8-13(2)14(10-12)11-16(18)15-6-5-9-17(15,3)4/h7-8,10,15-16,18H,5-6,9,11H2,1-4H3. The van der Waals surface area contributed by atoms with Crippen LogP contribution in [0.25, 0.3) is 0 Å². The summed E-state index contributed by atoms with van der Waals surface area (Å²) in [4.78, 5) is 0. The highest BCUT2D eigenvalue weighted by Crippen LogP contribution is 2.45. The topological polar surface area (TPSA) is 20.2 Å². The van der Waals surface area contributed by atoms with E-state index in [1.165, 1.54) is 36.0 Å². The van der Waals surface area contributed by atoms with Crippen molar-refractivity contribution in [2.24, 2.45) is 11.3 Å². The minimum absolute atomic E-state index is 0.192. The van der Waals surface area contributed by atoms with Gasteiger partial charge in [-0.25, -0.2) is 0 Å². The van der Waals surface area contributed by atoms with E-state index < -0.39 is 0 Å². The number of aryl methyl sites for hydroxylation is 2. The summed E-state index contributed by atoms with van der Waals surface area (Å²) in [6.07, 6.45) is 4.31. The van der Waals surface area contributed by atoms with E-state index in [4.69, 9.17) is 0 Å². The molecule has 100 valence electrons. The highest BCUT2D eigenvalue weighted by atomic mass is 16.3. The summed E-state index contributed by atoms with van der Waals surface area (Å²) in [6, 6.07) is 6.53. The number of aliphatic hydroxyl groups excluding tert-OH is 1. The van der Waals surface area contributed by atoms with Gasteiger partial charge in [-0.1, -0.05) is 44.0 Å². The molecule has 1 saturated carbocycles. The Morgan fingerprint density at radius 3 is 2.67 bits per heavy atom. The van der Waals surface area contributed by atoms with Gasteiger partial charge in [-0.15, -0.1) is 0 Å². The Morgan fingerprint density at radius 2 is 2.06 bits per heavy atom. The van der Waals surface area contributed by atoms with Gasteiger partial charge in [0.2, 0.25) is 0 Å². The first kappa shape index (κ1) is 13.6. The van der Waals surface area contributed by atoms with E-state index in [0.29, 0.717) is 11.3 Å². The third kappa shape index (κ3) is 2.77. The Kier molecular flexibility index (Phi) is 3.82. The molecule has 1 heteroatoms. The van der Waals surface area contributed by atoms with Gasteiger partial charge in [-0.2, -0.15) is 0 Å². The fourth-order valence-electron chi connectivity index (χ4n) is 3.45. The molecule has 0 saturated heterocycles. The van der Waals surface area contributed by atoms with Gasteiger partial charge in [-0.3, -0.25) is 0 Å². The average molecular weight is 246 g/mol. The Balaban J connectivity index is 2.11. The lowest BCUT2D eigenvalue weighted by Gasteiger charge is -2.31. The van der Waals surface area contributed by atoms with Crippen LogP contribution in [-0.4, -0.2) is 11.2 Å². The van der Waals surface area contributed by atoms with Crippen LogP contribution in [0, 0.1) is 25.2 Å². The number of aliphatic hydroxyl groups is 1. The van der Waals surface area contributed by atoms with E-state index in [-0.39, 0.29) is 6.10 Å². The molecule has 1 nitrogen and oxygen atoms in total. The third-order valence-corrected chi connectivity index (χ3v) is 4.74. The molecule has 0 bridgehead atoms. The maximum absolute atomic E-state index is 10.6. The second-order valence-electron chi connectivity index (χ2n) is 6.69. The van der Waals surface area contributed by atoms with Crippen molar-refractivity contribution in [1.82, 2.24) is 0 Å². The van der Waals surface area contributed by atoms with Crippen molar-refractivity contribution in [3.63, 3.8) is 0 Å². The van der Waals surface area contributed by atoms with Crippen molar-refractivity contribution in [1.29, 1.82) is 0 Å². The van der Waals surface area contributed by atoms with Crippen LogP contribution in [0.4, 0.5) is 0 Å². The molecule has 1 N–H and O–H groups in total. The molecular formula is C17H26O. The number of hydrogen-bond donors (Lipinski definition) is 1. The summed E-state index contributed by atoms with van der Waals surface area (Å²) in [5.74, 6) is 0.456. The monoisotopic (exact) mass is 246 g/mol. The van der Waals surface area contributed by atoms with Gasteiger partial charge >= 0.3 is 0 Å². The first-order valence-electron chi connectivity index (χ1n) is 7.14. The summed E-state index contributed by atoms with van der Waals surface area (Å²) in [7, 11) is 0. The van der Waals surface area contributed by atoms with Crippen LogP contribution < -0.4 is 0 Å². The zero-order valence-electron chi connectivity index (χ0n) is 12.2. The summed E-state index contributed by atoms with van der Waals surface area (Å²) >= 11 is 0. The summed E-state index contributed by atoms with van der Waals surface area (Å²) < 4.78 is 0. The van der Waals surface area contributed by atoms with Gasteiger partial charge in [0.05, 0.1) is 6.10 Å². The minimum atomic E-state index is -0.192. The molecule has 1 fully saturated rings. The van der Waals surface area contributed by atoms with Gasteiger partial charge in [0.15, 0.2) is 0 Å². The van der Waals surface area contributed by atoms with E-state index >= 15 is 0 Å². The predicted octanol–water partition coefficient (Wildman–Crippen LogP) is 4.03. The van der Waals surface area contributed by atoms with Crippen molar-refractivity contribution >= 4 is 0 Å². The van der Waals surface area contributed by atoms with Crippen LogP contribution in [0.15, 0.2) is 18.2 Å². The first-order valence-corrected chi connectivity index (χ1v) is 7.14. The van der Waals surface area contributed by atoms with Crippen molar-refractivity contribution < 1.29 is 5.11 Å². The summed E-state index contributed by atoms with van der Waals surface area (Å²) in [5.41, 5.74) is 4.20. The zero-order chi connectivity index (χ0) is 13.3. The van der Waals surface area contributed by atoms with Gasteiger partial charge in [0, 0.05) is 0 Å². The molecule has 1 aromatic rings. The van der Waals surface area contributed by atoms with Gasteiger partial charge in [-0.05, 0) is 55.6 Å². The normalized spacial score (nSPS) is 24.2. The molecule has 0 heterocycles. The first-order chi connectivity index (χ1) is 8.40. The molecule has 0 spiro atoms. The zero-order valence-corrected chi connectivity index (χ0v) is 12.2. The van der Waals surface area contributed by atoms with Crippen molar-refractivity contribution in [2.75, 3.05) is 0 Å². The van der Waals surface area contributed by atoms with Crippen LogP contribution in [0.2, 0.25) is 0 Å². The molecule has 0 amide bonds. The second-order valence-corrected chi connectivity index (χ2v) is 6.69. The number of benzene rings is 1. The van der Waals surface area contributed by atoms with Crippen LogP contribution in [0.3, 0.4) is 0 Å². The number of rotatable bonds is 3. The lowest BCUT2D eigenvalue weighted by atomic mass is 9.77. The summed E-state index contributed by atoms with van der Waals surface area (Å²) in [5, 5.41) is 10.6. The van der Waals surface area contributed by atoms with Crippen molar-refractivity contribution in [2.45, 2.75) is 59.5 Å². The molecular weight excluding hydrogens is 220 g/mol. The van der Waals surface area contributed by atoms with Gasteiger partial charge in [0.1, 0.15) is 0 Å². The van der Waals surface area contributed by atoms with E-state index in [2.05, 4.69) is 45.9 Å². The van der Waals surface area contributed by atoms with Crippen LogP contribution in [0.1, 0.15) is 49.8 Å². The molecule has 2 unspecified atom stereocenters. The smallest absolute Gasteiger partial charge is 0.0613 e. The molecule has 2 rings (SSSR count).